The molecule has 0 bridgehead atoms. The summed E-state index contributed by atoms with van der Waals surface area (Å²) >= 11 is 0. The normalized spacial score (nSPS) is 22.9. The second-order valence-electron chi connectivity index (χ2n) is 13.7. The maximum atomic E-state index is 12.2. The molecule has 2 aromatic carbocycles. The van der Waals surface area contributed by atoms with Crippen LogP contribution >= 0.6 is 0 Å². The second kappa shape index (κ2) is 11.2. The van der Waals surface area contributed by atoms with Crippen LogP contribution in [0.4, 0.5) is 11.4 Å². The Morgan fingerprint density at radius 1 is 1.11 bits per heavy atom. The van der Waals surface area contributed by atoms with Crippen molar-refractivity contribution in [2.75, 3.05) is 75.8 Å². The van der Waals surface area contributed by atoms with Gasteiger partial charge in [0, 0.05) is 93.0 Å². The molecule has 4 aliphatic heterocycles. The lowest BCUT2D eigenvalue weighted by Crippen LogP contribution is -2.59. The summed E-state index contributed by atoms with van der Waals surface area (Å²) in [5, 5.41) is 19.2. The molecule has 1 atom stereocenters. The number of hydrogen-bond donors (Lipinski definition) is 1. The molecule has 0 aliphatic carbocycles. The third kappa shape index (κ3) is 4.94. The van der Waals surface area contributed by atoms with Crippen LogP contribution in [0.1, 0.15) is 37.3 Å². The van der Waals surface area contributed by atoms with Crippen LogP contribution < -0.4 is 9.80 Å². The summed E-state index contributed by atoms with van der Waals surface area (Å²) in [5.74, 6) is 0.00851. The van der Waals surface area contributed by atoms with Gasteiger partial charge in [-0.15, -0.1) is 0 Å². The Balaban J connectivity index is 1.22. The number of piperidine rings is 1. The minimum Gasteiger partial charge on any atom is -0.371 e. The third-order valence-electron chi connectivity index (χ3n) is 11.0. The molecule has 1 spiro atoms. The van der Waals surface area contributed by atoms with Gasteiger partial charge in [0.1, 0.15) is 6.07 Å². The minimum atomic E-state index is 0.00851. The molecule has 9 nitrogen and oxygen atoms in total. The lowest BCUT2D eigenvalue weighted by Gasteiger charge is -2.47. The van der Waals surface area contributed by atoms with Crippen molar-refractivity contribution in [2.24, 2.45) is 5.41 Å². The van der Waals surface area contributed by atoms with Gasteiger partial charge in [-0.2, -0.15) is 10.4 Å². The van der Waals surface area contributed by atoms with Crippen LogP contribution in [0.2, 0.25) is 0 Å². The summed E-state index contributed by atoms with van der Waals surface area (Å²) in [5.41, 5.74) is 7.19. The number of piperazine rings is 1. The van der Waals surface area contributed by atoms with E-state index in [2.05, 4.69) is 87.6 Å². The monoisotopic (exact) mass is 592 g/mol. The fourth-order valence-corrected chi connectivity index (χ4v) is 8.19. The fraction of sp³-hybridized carbons (Fsp3) is 0.514. The first kappa shape index (κ1) is 28.9. The van der Waals surface area contributed by atoms with E-state index in [-0.39, 0.29) is 11.3 Å². The van der Waals surface area contributed by atoms with Gasteiger partial charge >= 0.3 is 0 Å². The van der Waals surface area contributed by atoms with E-state index in [9.17, 15) is 10.1 Å². The second-order valence-corrected chi connectivity index (χ2v) is 13.7. The quantitative estimate of drug-likeness (QED) is 0.444. The number of rotatable bonds is 5. The molecule has 7 rings (SSSR count). The van der Waals surface area contributed by atoms with Gasteiger partial charge in [-0.25, -0.2) is 0 Å². The molecule has 1 aromatic heterocycles. The number of likely N-dealkylation sites (N-methyl/N-ethyl adjacent to an activating group) is 1. The Bertz CT molecular complexity index is 1620. The van der Waals surface area contributed by atoms with Crippen LogP contribution in [0, 0.1) is 23.7 Å². The molecule has 1 amide bonds. The van der Waals surface area contributed by atoms with Gasteiger partial charge in [0.2, 0.25) is 5.91 Å². The first-order chi connectivity index (χ1) is 21.3. The van der Waals surface area contributed by atoms with E-state index in [1.807, 2.05) is 11.1 Å². The SMILES string of the molecule is C=CC(=O)N1CC2(CCN(c3cc(N4CCC(N5CCN(C)[C@H](C)C5)CC4)cc(-c4c(C)ccc5[nH]ncc45)c3C#N)C2)C1. The van der Waals surface area contributed by atoms with Gasteiger partial charge in [0.15, 0.2) is 0 Å². The average Bonchev–Trinajstić information content (AvgIpc) is 3.69. The number of hydrogen-bond acceptors (Lipinski definition) is 7. The molecule has 5 heterocycles. The maximum absolute atomic E-state index is 12.2. The number of carbonyl (C=O) groups excluding carboxylic acids is 1. The molecule has 4 fully saturated rings. The highest BCUT2D eigenvalue weighted by atomic mass is 16.2. The predicted molar refractivity (Wildman–Crippen MR) is 176 cm³/mol. The standard InChI is InChI=1S/C35H44N8O/c1-5-33(44)43-22-35(23-43)10-13-42(21-35)32-17-27(40-11-8-26(9-12-40)41-15-14-39(4)25(3)20-41)16-28(29(32)18-36)34-24(2)6-7-31-30(34)19-37-38-31/h5-7,16-17,19,25-26H,1,8-15,20-23H2,2-4H3,(H,37,38)/t25-/m1/s1. The van der Waals surface area contributed by atoms with Gasteiger partial charge in [0.25, 0.3) is 0 Å². The first-order valence-corrected chi connectivity index (χ1v) is 16.2. The van der Waals surface area contributed by atoms with E-state index < -0.39 is 0 Å². The lowest BCUT2D eigenvalue weighted by atomic mass is 9.79. The third-order valence-corrected chi connectivity index (χ3v) is 11.0. The zero-order valence-corrected chi connectivity index (χ0v) is 26.3. The van der Waals surface area contributed by atoms with E-state index in [0.29, 0.717) is 12.1 Å². The number of H-pyrrole nitrogens is 1. The number of aromatic amines is 1. The van der Waals surface area contributed by atoms with E-state index in [1.54, 1.807) is 0 Å². The van der Waals surface area contributed by atoms with E-state index in [0.717, 1.165) is 117 Å². The molecular weight excluding hydrogens is 548 g/mol. The largest absolute Gasteiger partial charge is 0.371 e. The zero-order chi connectivity index (χ0) is 30.6. The molecule has 0 saturated carbocycles. The number of amides is 1. The van der Waals surface area contributed by atoms with E-state index >= 15 is 0 Å². The number of aromatic nitrogens is 2. The summed E-state index contributed by atoms with van der Waals surface area (Å²) in [7, 11) is 2.24. The molecular formula is C35H44N8O. The Labute approximate surface area is 260 Å². The van der Waals surface area contributed by atoms with Crippen molar-refractivity contribution in [3.05, 3.63) is 54.2 Å². The van der Waals surface area contributed by atoms with Crippen molar-refractivity contribution >= 4 is 28.2 Å². The molecule has 3 aromatic rings. The number of nitrogens with one attached hydrogen (secondary N) is 1. The van der Waals surface area contributed by atoms with Crippen molar-refractivity contribution in [3.63, 3.8) is 0 Å². The van der Waals surface area contributed by atoms with E-state index in [4.69, 9.17) is 0 Å². The maximum Gasteiger partial charge on any atom is 0.245 e. The predicted octanol–water partition coefficient (Wildman–Crippen LogP) is 4.24. The number of likely N-dealkylation sites (tertiary alicyclic amines) is 1. The van der Waals surface area contributed by atoms with Crippen molar-refractivity contribution in [2.45, 2.75) is 45.2 Å². The first-order valence-electron chi connectivity index (χ1n) is 16.2. The molecule has 9 heteroatoms. The number of aryl methyl sites for hydroxylation is 1. The van der Waals surface area contributed by atoms with Crippen molar-refractivity contribution < 1.29 is 4.79 Å². The van der Waals surface area contributed by atoms with Gasteiger partial charge in [0.05, 0.1) is 23.0 Å². The van der Waals surface area contributed by atoms with Crippen molar-refractivity contribution in [1.29, 1.82) is 5.26 Å². The van der Waals surface area contributed by atoms with Crippen LogP contribution in [0.25, 0.3) is 22.0 Å². The molecule has 230 valence electrons. The van der Waals surface area contributed by atoms with Crippen molar-refractivity contribution in [1.82, 2.24) is 24.9 Å². The number of anilines is 2. The van der Waals surface area contributed by atoms with Gasteiger partial charge in [-0.05, 0) is 75.6 Å². The fourth-order valence-electron chi connectivity index (χ4n) is 8.19. The van der Waals surface area contributed by atoms with Gasteiger partial charge in [-0.1, -0.05) is 12.6 Å². The molecule has 4 aliphatic rings. The van der Waals surface area contributed by atoms with Crippen LogP contribution in [-0.4, -0.2) is 109 Å². The topological polar surface area (TPSA) is 85.7 Å². The average molecular weight is 593 g/mol. The molecule has 0 radical (unpaired) electrons. The summed E-state index contributed by atoms with van der Waals surface area (Å²) in [6, 6.07) is 12.6. The molecule has 1 N–H and O–H groups in total. The van der Waals surface area contributed by atoms with Crippen LogP contribution in [0.5, 0.6) is 0 Å². The van der Waals surface area contributed by atoms with E-state index in [1.165, 1.54) is 11.8 Å². The summed E-state index contributed by atoms with van der Waals surface area (Å²) in [4.78, 5) is 24.2. The Morgan fingerprint density at radius 3 is 2.64 bits per heavy atom. The molecule has 44 heavy (non-hydrogen) atoms. The number of nitriles is 1. The summed E-state index contributed by atoms with van der Waals surface area (Å²) in [6.45, 7) is 16.8. The Kier molecular flexibility index (Phi) is 7.38. The number of benzene rings is 2. The Morgan fingerprint density at radius 2 is 1.91 bits per heavy atom. The lowest BCUT2D eigenvalue weighted by molar-refractivity contribution is -0.136. The van der Waals surface area contributed by atoms with Crippen LogP contribution in [0.15, 0.2) is 43.1 Å². The Hall–Kier alpha value is -3.87. The molecule has 0 unspecified atom stereocenters. The smallest absolute Gasteiger partial charge is 0.245 e. The summed E-state index contributed by atoms with van der Waals surface area (Å²) in [6.07, 6.45) is 6.62. The van der Waals surface area contributed by atoms with Crippen LogP contribution in [0.3, 0.4) is 0 Å². The highest BCUT2D eigenvalue weighted by Gasteiger charge is 2.49. The minimum absolute atomic E-state index is 0.00851. The van der Waals surface area contributed by atoms with Crippen LogP contribution in [-0.2, 0) is 4.79 Å². The number of nitrogens with zero attached hydrogens (tertiary/aromatic N) is 7. The highest BCUT2D eigenvalue weighted by molar-refractivity contribution is 5.99. The summed E-state index contributed by atoms with van der Waals surface area (Å²) < 4.78 is 0. The van der Waals surface area contributed by atoms with Gasteiger partial charge in [-0.3, -0.25) is 14.8 Å². The highest BCUT2D eigenvalue weighted by Crippen LogP contribution is 2.46. The molecule has 4 saturated heterocycles. The van der Waals surface area contributed by atoms with Gasteiger partial charge < -0.3 is 19.6 Å². The number of carbonyl (C=O) groups is 1. The number of fused-ring (bicyclic) bond motifs is 1. The van der Waals surface area contributed by atoms with Crippen molar-refractivity contribution in [3.8, 4) is 17.2 Å². The zero-order valence-electron chi connectivity index (χ0n) is 26.3.